The molecule has 1 aromatic rings. The predicted octanol–water partition coefficient (Wildman–Crippen LogP) is 2.42. The maximum Gasteiger partial charge on any atom is 0.0599 e. The summed E-state index contributed by atoms with van der Waals surface area (Å²) in [6.45, 7) is 6.20. The number of rotatable bonds is 5. The number of hydrogen-bond acceptors (Lipinski definition) is 3. The van der Waals surface area contributed by atoms with E-state index in [9.17, 15) is 0 Å². The van der Waals surface area contributed by atoms with Crippen molar-refractivity contribution >= 4 is 0 Å². The first-order valence-electron chi connectivity index (χ1n) is 7.84. The maximum atomic E-state index is 8.76. The van der Waals surface area contributed by atoms with Crippen molar-refractivity contribution in [3.63, 3.8) is 0 Å². The second-order valence-corrected chi connectivity index (χ2v) is 5.41. The summed E-state index contributed by atoms with van der Waals surface area (Å²) in [5, 5.41) is 8.76. The van der Waals surface area contributed by atoms with Crippen LogP contribution in [0.4, 0.5) is 0 Å². The number of nitrogens with zero attached hydrogens (tertiary/aromatic N) is 1. The minimum absolute atomic E-state index is 0.126. The fraction of sp³-hybridized carbons (Fsp3) is 0.556. The highest BCUT2D eigenvalue weighted by molar-refractivity contribution is 5.37. The number of ether oxygens (including phenoxy) is 1. The van der Waals surface area contributed by atoms with E-state index in [2.05, 4.69) is 41.9 Å². The summed E-state index contributed by atoms with van der Waals surface area (Å²) in [6, 6.07) is 8.39. The zero-order chi connectivity index (χ0) is 14.9. The van der Waals surface area contributed by atoms with Gasteiger partial charge < -0.3 is 9.84 Å². The Morgan fingerprint density at radius 2 is 2.14 bits per heavy atom. The van der Waals surface area contributed by atoms with Gasteiger partial charge in [-0.05, 0) is 37.5 Å². The molecule has 1 fully saturated rings. The van der Waals surface area contributed by atoms with Crippen molar-refractivity contribution in [2.75, 3.05) is 26.3 Å². The molecule has 1 aliphatic rings. The van der Waals surface area contributed by atoms with Gasteiger partial charge in [0.25, 0.3) is 0 Å². The Kier molecular flexibility index (Phi) is 6.75. The molecule has 21 heavy (non-hydrogen) atoms. The fourth-order valence-electron chi connectivity index (χ4n) is 2.70. The van der Waals surface area contributed by atoms with Gasteiger partial charge in [-0.15, -0.1) is 0 Å². The van der Waals surface area contributed by atoms with E-state index in [0.717, 1.165) is 44.6 Å². The summed E-state index contributed by atoms with van der Waals surface area (Å²) in [6.07, 6.45) is 3.24. The van der Waals surface area contributed by atoms with E-state index in [1.54, 1.807) is 0 Å². The lowest BCUT2D eigenvalue weighted by atomic mass is 10.1. The Balaban J connectivity index is 1.86. The van der Waals surface area contributed by atoms with E-state index in [-0.39, 0.29) is 6.61 Å². The Morgan fingerprint density at radius 3 is 2.86 bits per heavy atom. The minimum Gasteiger partial charge on any atom is -0.395 e. The standard InChI is InChI=1S/C18H25NO2/c1-2-21-18-9-11-19(12-10-18)15-17-8-5-7-16(14-17)6-3-4-13-20/h5,7-8,14,18,20H,2,4,9-13,15H2,1H3. The van der Waals surface area contributed by atoms with Gasteiger partial charge in [-0.2, -0.15) is 0 Å². The van der Waals surface area contributed by atoms with E-state index in [4.69, 9.17) is 9.84 Å². The molecule has 0 aromatic heterocycles. The van der Waals surface area contributed by atoms with Crippen LogP contribution in [0.15, 0.2) is 24.3 Å². The molecule has 0 spiro atoms. The fourth-order valence-corrected chi connectivity index (χ4v) is 2.70. The highest BCUT2D eigenvalue weighted by Crippen LogP contribution is 2.16. The lowest BCUT2D eigenvalue weighted by Gasteiger charge is -2.31. The van der Waals surface area contributed by atoms with Gasteiger partial charge in [-0.25, -0.2) is 0 Å². The lowest BCUT2D eigenvalue weighted by Crippen LogP contribution is -2.36. The summed E-state index contributed by atoms with van der Waals surface area (Å²) in [5.41, 5.74) is 2.34. The smallest absolute Gasteiger partial charge is 0.0599 e. The van der Waals surface area contributed by atoms with Gasteiger partial charge in [0.1, 0.15) is 0 Å². The molecule has 0 atom stereocenters. The molecule has 1 heterocycles. The Morgan fingerprint density at radius 1 is 1.33 bits per heavy atom. The normalized spacial score (nSPS) is 16.5. The largest absolute Gasteiger partial charge is 0.395 e. The van der Waals surface area contributed by atoms with Crippen molar-refractivity contribution in [1.29, 1.82) is 0 Å². The van der Waals surface area contributed by atoms with Crippen molar-refractivity contribution in [1.82, 2.24) is 4.90 Å². The van der Waals surface area contributed by atoms with Crippen LogP contribution in [0.5, 0.6) is 0 Å². The molecule has 1 aromatic carbocycles. The lowest BCUT2D eigenvalue weighted by molar-refractivity contribution is 0.0125. The Hall–Kier alpha value is -1.34. The second-order valence-electron chi connectivity index (χ2n) is 5.41. The predicted molar refractivity (Wildman–Crippen MR) is 84.9 cm³/mol. The van der Waals surface area contributed by atoms with Crippen LogP contribution in [0, 0.1) is 11.8 Å². The third-order valence-electron chi connectivity index (χ3n) is 3.74. The molecule has 3 heteroatoms. The molecule has 3 nitrogen and oxygen atoms in total. The van der Waals surface area contributed by atoms with Gasteiger partial charge in [-0.1, -0.05) is 24.0 Å². The van der Waals surface area contributed by atoms with Crippen LogP contribution in [0.2, 0.25) is 0 Å². The third kappa shape index (κ3) is 5.51. The molecule has 1 N–H and O–H groups in total. The molecule has 114 valence electrons. The summed E-state index contributed by atoms with van der Waals surface area (Å²) in [7, 11) is 0. The zero-order valence-electron chi connectivity index (χ0n) is 12.8. The van der Waals surface area contributed by atoms with Gasteiger partial charge >= 0.3 is 0 Å². The molecule has 0 saturated carbocycles. The van der Waals surface area contributed by atoms with Crippen molar-refractivity contribution in [2.24, 2.45) is 0 Å². The monoisotopic (exact) mass is 287 g/mol. The average molecular weight is 287 g/mol. The van der Waals surface area contributed by atoms with Crippen LogP contribution < -0.4 is 0 Å². The van der Waals surface area contributed by atoms with Crippen LogP contribution >= 0.6 is 0 Å². The molecule has 0 amide bonds. The molecule has 0 aliphatic carbocycles. The molecule has 0 radical (unpaired) electrons. The molecule has 2 rings (SSSR count). The van der Waals surface area contributed by atoms with E-state index in [1.807, 2.05) is 6.07 Å². The van der Waals surface area contributed by atoms with Crippen molar-refractivity contribution in [2.45, 2.75) is 38.8 Å². The highest BCUT2D eigenvalue weighted by Gasteiger charge is 2.19. The molecular formula is C18H25NO2. The number of aliphatic hydroxyl groups is 1. The topological polar surface area (TPSA) is 32.7 Å². The van der Waals surface area contributed by atoms with Crippen LogP contribution in [0.3, 0.4) is 0 Å². The minimum atomic E-state index is 0.126. The zero-order valence-corrected chi connectivity index (χ0v) is 12.8. The molecule has 1 saturated heterocycles. The Bertz CT molecular complexity index is 481. The van der Waals surface area contributed by atoms with Crippen molar-refractivity contribution in [3.05, 3.63) is 35.4 Å². The molecule has 1 aliphatic heterocycles. The number of benzene rings is 1. The third-order valence-corrected chi connectivity index (χ3v) is 3.74. The molecule has 0 unspecified atom stereocenters. The van der Waals surface area contributed by atoms with Gasteiger partial charge in [0.2, 0.25) is 0 Å². The van der Waals surface area contributed by atoms with Crippen LogP contribution in [-0.2, 0) is 11.3 Å². The average Bonchev–Trinajstić information content (AvgIpc) is 2.50. The van der Waals surface area contributed by atoms with Crippen LogP contribution in [0.25, 0.3) is 0 Å². The first-order chi connectivity index (χ1) is 10.3. The summed E-state index contributed by atoms with van der Waals surface area (Å²) in [4.78, 5) is 2.48. The van der Waals surface area contributed by atoms with Crippen molar-refractivity contribution < 1.29 is 9.84 Å². The number of hydrogen-bond donors (Lipinski definition) is 1. The van der Waals surface area contributed by atoms with E-state index in [0.29, 0.717) is 12.5 Å². The molecule has 0 bridgehead atoms. The summed E-state index contributed by atoms with van der Waals surface area (Å²) >= 11 is 0. The molecular weight excluding hydrogens is 262 g/mol. The Labute approximate surface area is 127 Å². The second kappa shape index (κ2) is 8.84. The maximum absolute atomic E-state index is 8.76. The van der Waals surface area contributed by atoms with Gasteiger partial charge in [0.15, 0.2) is 0 Å². The van der Waals surface area contributed by atoms with E-state index in [1.165, 1.54) is 5.56 Å². The van der Waals surface area contributed by atoms with E-state index < -0.39 is 0 Å². The first-order valence-corrected chi connectivity index (χ1v) is 7.84. The SMILES string of the molecule is CCOC1CCN(Cc2cccc(C#CCCO)c2)CC1. The quantitative estimate of drug-likeness (QED) is 0.844. The van der Waals surface area contributed by atoms with E-state index >= 15 is 0 Å². The van der Waals surface area contributed by atoms with Gasteiger partial charge in [0.05, 0.1) is 12.7 Å². The number of aliphatic hydroxyl groups excluding tert-OH is 1. The van der Waals surface area contributed by atoms with Gasteiger partial charge in [-0.3, -0.25) is 4.90 Å². The summed E-state index contributed by atoms with van der Waals surface area (Å²) < 4.78 is 5.69. The van der Waals surface area contributed by atoms with Crippen LogP contribution in [0.1, 0.15) is 37.3 Å². The number of piperidine rings is 1. The highest BCUT2D eigenvalue weighted by atomic mass is 16.5. The van der Waals surface area contributed by atoms with Gasteiger partial charge in [0, 0.05) is 38.2 Å². The van der Waals surface area contributed by atoms with Crippen molar-refractivity contribution in [3.8, 4) is 11.8 Å². The number of likely N-dealkylation sites (tertiary alicyclic amines) is 1. The first kappa shape index (κ1) is 16.0. The summed E-state index contributed by atoms with van der Waals surface area (Å²) in [5.74, 6) is 6.07. The van der Waals surface area contributed by atoms with Crippen LogP contribution in [-0.4, -0.2) is 42.4 Å².